The number of para-hydroxylation sites is 1. The number of nitro groups is 1. The number of methoxy groups -OCH3 is 1. The first-order valence-corrected chi connectivity index (χ1v) is 9.62. The number of phenols is 1. The van der Waals surface area contributed by atoms with Gasteiger partial charge in [-0.05, 0) is 31.2 Å². The lowest BCUT2D eigenvalue weighted by atomic mass is 10.1. The minimum Gasteiger partial charge on any atom is -0.504 e. The molecule has 2 aromatic carbocycles. The Morgan fingerprint density at radius 1 is 1.13 bits per heavy atom. The molecule has 0 aromatic heterocycles. The van der Waals surface area contributed by atoms with Gasteiger partial charge in [0.1, 0.15) is 5.75 Å². The first-order chi connectivity index (χ1) is 14.8. The Kier molecular flexibility index (Phi) is 6.58. The highest BCUT2D eigenvalue weighted by atomic mass is 16.6. The van der Waals surface area contributed by atoms with E-state index >= 15 is 0 Å². The number of benzene rings is 2. The molecule has 1 N–H and O–H groups in total. The van der Waals surface area contributed by atoms with Crippen molar-refractivity contribution in [2.75, 3.05) is 39.9 Å². The molecule has 0 spiro atoms. The lowest BCUT2D eigenvalue weighted by Gasteiger charge is -2.35. The van der Waals surface area contributed by atoms with Gasteiger partial charge in [0.05, 0.1) is 17.6 Å². The van der Waals surface area contributed by atoms with Crippen LogP contribution in [-0.4, -0.2) is 71.5 Å². The number of aromatic hydroxyl groups is 1. The fraction of sp³-hybridized carbons (Fsp3) is 0.333. The number of piperazine rings is 1. The maximum Gasteiger partial charge on any atom is 0.272 e. The van der Waals surface area contributed by atoms with E-state index < -0.39 is 4.92 Å². The van der Waals surface area contributed by atoms with Crippen LogP contribution in [0.5, 0.6) is 17.2 Å². The van der Waals surface area contributed by atoms with Crippen LogP contribution in [0.3, 0.4) is 0 Å². The van der Waals surface area contributed by atoms with Gasteiger partial charge in [-0.2, -0.15) is 0 Å². The van der Waals surface area contributed by atoms with Gasteiger partial charge in [0.15, 0.2) is 18.1 Å². The summed E-state index contributed by atoms with van der Waals surface area (Å²) in [4.78, 5) is 38.8. The molecular formula is C21H23N3O7. The summed E-state index contributed by atoms with van der Waals surface area (Å²) in [5.74, 6) is -0.129. The minimum absolute atomic E-state index is 0.0113. The number of aryl methyl sites for hydroxylation is 1. The molecule has 0 radical (unpaired) electrons. The zero-order valence-corrected chi connectivity index (χ0v) is 17.2. The third kappa shape index (κ3) is 4.85. The van der Waals surface area contributed by atoms with Crippen LogP contribution in [0.25, 0.3) is 0 Å². The molecule has 1 aliphatic rings. The predicted octanol–water partition coefficient (Wildman–Crippen LogP) is 1.98. The Morgan fingerprint density at radius 2 is 1.81 bits per heavy atom. The lowest BCUT2D eigenvalue weighted by molar-refractivity contribution is -0.385. The van der Waals surface area contributed by atoms with E-state index in [-0.39, 0.29) is 41.2 Å². The van der Waals surface area contributed by atoms with Crippen molar-refractivity contribution in [1.29, 1.82) is 0 Å². The zero-order chi connectivity index (χ0) is 22.5. The van der Waals surface area contributed by atoms with E-state index in [1.54, 1.807) is 28.9 Å². The number of hydrogen-bond donors (Lipinski definition) is 1. The van der Waals surface area contributed by atoms with Crippen LogP contribution < -0.4 is 9.47 Å². The molecule has 31 heavy (non-hydrogen) atoms. The summed E-state index contributed by atoms with van der Waals surface area (Å²) in [6.07, 6.45) is 0. The van der Waals surface area contributed by atoms with E-state index in [1.165, 1.54) is 31.4 Å². The zero-order valence-electron chi connectivity index (χ0n) is 17.2. The van der Waals surface area contributed by atoms with Gasteiger partial charge in [-0.3, -0.25) is 19.7 Å². The number of nitrogens with zero attached hydrogens (tertiary/aromatic N) is 3. The number of carbonyl (C=O) groups excluding carboxylic acids is 2. The molecule has 10 nitrogen and oxygen atoms in total. The van der Waals surface area contributed by atoms with Crippen LogP contribution in [0.15, 0.2) is 36.4 Å². The van der Waals surface area contributed by atoms with Crippen molar-refractivity contribution in [3.63, 3.8) is 0 Å². The lowest BCUT2D eigenvalue weighted by Crippen LogP contribution is -2.51. The van der Waals surface area contributed by atoms with Crippen molar-refractivity contribution in [1.82, 2.24) is 9.80 Å². The van der Waals surface area contributed by atoms with Gasteiger partial charge in [0.25, 0.3) is 17.5 Å². The summed E-state index contributed by atoms with van der Waals surface area (Å²) in [5.41, 5.74) is 0.700. The number of amides is 2. The van der Waals surface area contributed by atoms with Crippen molar-refractivity contribution >= 4 is 17.5 Å². The molecule has 0 unspecified atom stereocenters. The first kappa shape index (κ1) is 21.9. The summed E-state index contributed by atoms with van der Waals surface area (Å²) >= 11 is 0. The fourth-order valence-corrected chi connectivity index (χ4v) is 3.40. The van der Waals surface area contributed by atoms with E-state index in [0.29, 0.717) is 37.5 Å². The molecule has 2 aromatic rings. The second-order valence-corrected chi connectivity index (χ2v) is 7.03. The third-order valence-electron chi connectivity index (χ3n) is 5.08. The predicted molar refractivity (Wildman–Crippen MR) is 110 cm³/mol. The van der Waals surface area contributed by atoms with E-state index in [0.717, 1.165) is 0 Å². The second-order valence-electron chi connectivity index (χ2n) is 7.03. The van der Waals surface area contributed by atoms with Gasteiger partial charge >= 0.3 is 0 Å². The average molecular weight is 429 g/mol. The molecule has 0 bridgehead atoms. The Bertz CT molecular complexity index is 1000. The van der Waals surface area contributed by atoms with Crippen LogP contribution in [0, 0.1) is 17.0 Å². The highest BCUT2D eigenvalue weighted by molar-refractivity contribution is 5.98. The van der Waals surface area contributed by atoms with Gasteiger partial charge in [-0.25, -0.2) is 0 Å². The van der Waals surface area contributed by atoms with Crippen LogP contribution >= 0.6 is 0 Å². The molecule has 10 heteroatoms. The number of phenolic OH excluding ortho intramolecular Hbond substituents is 1. The van der Waals surface area contributed by atoms with E-state index in [4.69, 9.17) is 9.47 Å². The van der Waals surface area contributed by atoms with Gasteiger partial charge in [0.2, 0.25) is 0 Å². The maximum absolute atomic E-state index is 12.8. The molecule has 1 aliphatic heterocycles. The first-order valence-electron chi connectivity index (χ1n) is 9.62. The standard InChI is InChI=1S/C21H23N3O7/c1-14-12-15(6-7-17(14)24(28)29)31-13-19(26)22-8-10-23(11-9-22)21(27)16-4-3-5-18(25)20(16)30-2/h3-7,12,25H,8-11,13H2,1-2H3. The summed E-state index contributed by atoms with van der Waals surface area (Å²) < 4.78 is 10.6. The number of hydrogen-bond acceptors (Lipinski definition) is 7. The Morgan fingerprint density at radius 3 is 2.42 bits per heavy atom. The highest BCUT2D eigenvalue weighted by Gasteiger charge is 2.27. The minimum atomic E-state index is -0.475. The van der Waals surface area contributed by atoms with E-state index in [1.807, 2.05) is 0 Å². The summed E-state index contributed by atoms with van der Waals surface area (Å²) in [7, 11) is 1.38. The van der Waals surface area contributed by atoms with Crippen molar-refractivity contribution in [3.05, 3.63) is 57.6 Å². The molecule has 2 amide bonds. The van der Waals surface area contributed by atoms with Gasteiger partial charge in [0, 0.05) is 37.8 Å². The highest BCUT2D eigenvalue weighted by Crippen LogP contribution is 2.30. The van der Waals surface area contributed by atoms with Crippen molar-refractivity contribution in [3.8, 4) is 17.2 Å². The largest absolute Gasteiger partial charge is 0.504 e. The molecule has 0 aliphatic carbocycles. The molecule has 3 rings (SSSR count). The normalized spacial score (nSPS) is 13.6. The Balaban J connectivity index is 1.54. The summed E-state index contributed by atoms with van der Waals surface area (Å²) in [6, 6.07) is 8.91. The fourth-order valence-electron chi connectivity index (χ4n) is 3.40. The summed E-state index contributed by atoms with van der Waals surface area (Å²) in [5, 5.41) is 20.7. The Labute approximate surface area is 178 Å². The monoisotopic (exact) mass is 429 g/mol. The van der Waals surface area contributed by atoms with Crippen molar-refractivity contribution in [2.24, 2.45) is 0 Å². The number of rotatable bonds is 6. The maximum atomic E-state index is 12.8. The van der Waals surface area contributed by atoms with Gasteiger partial charge in [-0.15, -0.1) is 0 Å². The molecule has 0 saturated carbocycles. The van der Waals surface area contributed by atoms with E-state index in [9.17, 15) is 24.8 Å². The van der Waals surface area contributed by atoms with Crippen LogP contribution in [0.1, 0.15) is 15.9 Å². The number of nitro benzene ring substituents is 1. The molecular weight excluding hydrogens is 406 g/mol. The quantitative estimate of drug-likeness (QED) is 0.550. The van der Waals surface area contributed by atoms with E-state index in [2.05, 4.69) is 0 Å². The van der Waals surface area contributed by atoms with Gasteiger partial charge in [-0.1, -0.05) is 6.07 Å². The summed E-state index contributed by atoms with van der Waals surface area (Å²) in [6.45, 7) is 2.75. The number of carbonyl (C=O) groups is 2. The number of ether oxygens (including phenoxy) is 2. The third-order valence-corrected chi connectivity index (χ3v) is 5.08. The van der Waals surface area contributed by atoms with Crippen LogP contribution in [0.2, 0.25) is 0 Å². The molecule has 1 heterocycles. The average Bonchev–Trinajstić information content (AvgIpc) is 2.76. The smallest absolute Gasteiger partial charge is 0.272 e. The molecule has 0 atom stereocenters. The molecule has 1 saturated heterocycles. The topological polar surface area (TPSA) is 122 Å². The van der Waals surface area contributed by atoms with Crippen molar-refractivity contribution < 1.29 is 29.1 Å². The molecule has 164 valence electrons. The van der Waals surface area contributed by atoms with Crippen molar-refractivity contribution in [2.45, 2.75) is 6.92 Å². The van der Waals surface area contributed by atoms with Crippen LogP contribution in [0.4, 0.5) is 5.69 Å². The Hall–Kier alpha value is -3.82. The van der Waals surface area contributed by atoms with Gasteiger partial charge < -0.3 is 24.4 Å². The SMILES string of the molecule is COc1c(O)cccc1C(=O)N1CCN(C(=O)COc2ccc([N+](=O)[O-])c(C)c2)CC1. The van der Waals surface area contributed by atoms with Crippen LogP contribution in [-0.2, 0) is 4.79 Å². The second kappa shape index (κ2) is 9.33. The molecule has 1 fully saturated rings.